The molecule has 3 N–H and O–H groups in total. The summed E-state index contributed by atoms with van der Waals surface area (Å²) < 4.78 is 5.61. The predicted octanol–water partition coefficient (Wildman–Crippen LogP) is 2.72. The lowest BCUT2D eigenvalue weighted by Gasteiger charge is -2.63. The summed E-state index contributed by atoms with van der Waals surface area (Å²) in [5.41, 5.74) is -6.10. The van der Waals surface area contributed by atoms with E-state index in [1.165, 1.54) is 52.0 Å². The van der Waals surface area contributed by atoms with Crippen LogP contribution in [-0.2, 0) is 23.9 Å². The molecule has 1 heterocycles. The molecular formula is C28H34O8. The molecule has 4 aliphatic rings. The van der Waals surface area contributed by atoms with Gasteiger partial charge in [0.1, 0.15) is 11.4 Å². The predicted molar refractivity (Wildman–Crippen MR) is 131 cm³/mol. The summed E-state index contributed by atoms with van der Waals surface area (Å²) in [5, 5.41) is 33.7. The molecule has 0 amide bonds. The number of Topliss-reactive ketones (excluding diaryl/α,β-unsaturated/α-hetero) is 2. The van der Waals surface area contributed by atoms with Gasteiger partial charge in [0.05, 0.1) is 23.0 Å². The van der Waals surface area contributed by atoms with Crippen LogP contribution in [0.1, 0.15) is 41.5 Å². The summed E-state index contributed by atoms with van der Waals surface area (Å²) in [5.74, 6) is -8.56. The number of rotatable bonds is 7. The highest BCUT2D eigenvalue weighted by Gasteiger charge is 2.78. The summed E-state index contributed by atoms with van der Waals surface area (Å²) >= 11 is 0. The minimum absolute atomic E-state index is 0.0675. The topological polar surface area (TPSA) is 138 Å². The number of carbonyl (C=O) groups is 4. The van der Waals surface area contributed by atoms with E-state index < -0.39 is 75.5 Å². The van der Waals surface area contributed by atoms with Crippen molar-refractivity contribution in [1.82, 2.24) is 0 Å². The number of fused-ring (bicyclic) bond motifs is 3. The number of aliphatic hydroxyl groups is 3. The number of carbonyl (C=O) groups excluding carboxylic acids is 4. The van der Waals surface area contributed by atoms with E-state index >= 15 is 0 Å². The van der Waals surface area contributed by atoms with Crippen molar-refractivity contribution in [2.45, 2.75) is 58.8 Å². The number of ether oxygens (including phenoxy) is 1. The molecule has 3 fully saturated rings. The van der Waals surface area contributed by atoms with Crippen LogP contribution in [0.25, 0.3) is 0 Å². The maximum atomic E-state index is 13.9. The molecule has 0 radical (unpaired) electrons. The van der Waals surface area contributed by atoms with Crippen molar-refractivity contribution in [3.8, 4) is 0 Å². The summed E-state index contributed by atoms with van der Waals surface area (Å²) in [4.78, 5) is 53.6. The lowest BCUT2D eigenvalue weighted by Crippen LogP contribution is -2.78. The van der Waals surface area contributed by atoms with Crippen LogP contribution in [0.3, 0.4) is 0 Å². The zero-order valence-corrected chi connectivity index (χ0v) is 21.4. The van der Waals surface area contributed by atoms with Gasteiger partial charge in [-0.1, -0.05) is 42.5 Å². The Balaban J connectivity index is 2.33. The van der Waals surface area contributed by atoms with Gasteiger partial charge in [-0.05, 0) is 47.6 Å². The molecule has 8 heteroatoms. The van der Waals surface area contributed by atoms with Crippen LogP contribution < -0.4 is 0 Å². The molecule has 3 aliphatic carbocycles. The van der Waals surface area contributed by atoms with Crippen molar-refractivity contribution in [3.63, 3.8) is 0 Å². The Morgan fingerprint density at radius 2 is 1.58 bits per heavy atom. The second-order valence-corrected chi connectivity index (χ2v) is 10.3. The Hall–Kier alpha value is -3.10. The molecule has 8 atom stereocenters. The molecule has 3 saturated carbocycles. The monoisotopic (exact) mass is 498 g/mol. The first-order valence-corrected chi connectivity index (χ1v) is 12.0. The van der Waals surface area contributed by atoms with Crippen molar-refractivity contribution >= 4 is 23.3 Å². The molecule has 36 heavy (non-hydrogen) atoms. The van der Waals surface area contributed by atoms with Gasteiger partial charge in [0.2, 0.25) is 0 Å². The van der Waals surface area contributed by atoms with Gasteiger partial charge in [0.25, 0.3) is 0 Å². The number of esters is 1. The second-order valence-electron chi connectivity index (χ2n) is 10.3. The fourth-order valence-electron chi connectivity index (χ4n) is 6.36. The first-order valence-electron chi connectivity index (χ1n) is 12.0. The van der Waals surface area contributed by atoms with Crippen molar-refractivity contribution < 1.29 is 39.2 Å². The molecule has 8 nitrogen and oxygen atoms in total. The number of hydrogen-bond acceptors (Lipinski definition) is 8. The van der Waals surface area contributed by atoms with E-state index in [1.807, 2.05) is 0 Å². The fourth-order valence-corrected chi connectivity index (χ4v) is 6.36. The van der Waals surface area contributed by atoms with Gasteiger partial charge in [-0.3, -0.25) is 14.4 Å². The van der Waals surface area contributed by atoms with E-state index in [2.05, 4.69) is 0 Å². The molecule has 1 aliphatic heterocycles. The third-order valence-corrected chi connectivity index (χ3v) is 8.07. The van der Waals surface area contributed by atoms with Gasteiger partial charge in [-0.2, -0.15) is 0 Å². The third kappa shape index (κ3) is 3.74. The van der Waals surface area contributed by atoms with Gasteiger partial charge in [-0.25, -0.2) is 4.79 Å². The van der Waals surface area contributed by atoms with Gasteiger partial charge < -0.3 is 20.1 Å². The van der Waals surface area contributed by atoms with E-state index in [0.29, 0.717) is 0 Å². The van der Waals surface area contributed by atoms with E-state index in [-0.39, 0.29) is 5.57 Å². The smallest absolute Gasteiger partial charge is 0.338 e. The maximum Gasteiger partial charge on any atom is 0.338 e. The minimum Gasteiger partial charge on any atom is -0.507 e. The Morgan fingerprint density at radius 1 is 1.00 bits per heavy atom. The molecule has 0 saturated heterocycles. The third-order valence-electron chi connectivity index (χ3n) is 8.07. The first kappa shape index (κ1) is 27.5. The van der Waals surface area contributed by atoms with E-state index in [1.54, 1.807) is 38.2 Å². The standard InChI is InChI=1S/C28H34O8/c1-7-9-11-13-16(29)18-20-21(28(6)22(31)15(3)24(33)36-28)19(17(30)14-12-10-8-2)26(4,23(18)32)25(34)27(20,5)35/h7-14,16,18-21,29,31,35H,1-6H3/b9-7+,10-8+,13-11+,14-12+/t16?,18?,19?,20?,21?,26-,27?,28?/m1/s1. The Bertz CT molecular complexity index is 1140. The van der Waals surface area contributed by atoms with E-state index in [9.17, 15) is 34.5 Å². The molecule has 0 aromatic carbocycles. The fraction of sp³-hybridized carbons (Fsp3) is 0.500. The average molecular weight is 499 g/mol. The number of ketones is 3. The number of aliphatic hydroxyl groups excluding tert-OH is 2. The molecule has 194 valence electrons. The van der Waals surface area contributed by atoms with Gasteiger partial charge in [0.15, 0.2) is 23.0 Å². The van der Waals surface area contributed by atoms with Crippen LogP contribution in [0.15, 0.2) is 59.9 Å². The lowest BCUT2D eigenvalue weighted by molar-refractivity contribution is -0.226. The SMILES string of the molecule is C/C=C/C=C/C(=O)C1C(C2(C)OC(=O)C(C)=C2O)C2C(C(O)/C=C/C=C/C)C(=O)[C@]1(C)C(=O)C2(C)O. The molecular weight excluding hydrogens is 464 g/mol. The van der Waals surface area contributed by atoms with Crippen LogP contribution in [0, 0.1) is 29.1 Å². The molecule has 7 unspecified atom stereocenters. The van der Waals surface area contributed by atoms with E-state index in [0.717, 1.165) is 0 Å². The van der Waals surface area contributed by atoms with Crippen molar-refractivity contribution in [2.24, 2.45) is 29.1 Å². The van der Waals surface area contributed by atoms with Crippen LogP contribution in [-0.4, -0.2) is 55.9 Å². The quantitative estimate of drug-likeness (QED) is 0.211. The Morgan fingerprint density at radius 3 is 2.11 bits per heavy atom. The number of cyclic esters (lactones) is 1. The molecule has 0 aromatic heterocycles. The summed E-state index contributed by atoms with van der Waals surface area (Å²) in [6.45, 7) is 8.85. The highest BCUT2D eigenvalue weighted by Crippen LogP contribution is 2.64. The van der Waals surface area contributed by atoms with Crippen molar-refractivity contribution in [1.29, 1.82) is 0 Å². The lowest BCUT2D eigenvalue weighted by atomic mass is 9.39. The Kier molecular flexibility index (Phi) is 7.18. The van der Waals surface area contributed by atoms with Crippen LogP contribution >= 0.6 is 0 Å². The van der Waals surface area contributed by atoms with Crippen LogP contribution in [0.5, 0.6) is 0 Å². The summed E-state index contributed by atoms with van der Waals surface area (Å²) in [7, 11) is 0. The second kappa shape index (κ2) is 9.41. The normalized spacial score (nSPS) is 39.9. The van der Waals surface area contributed by atoms with Gasteiger partial charge in [0, 0.05) is 17.8 Å². The summed E-state index contributed by atoms with van der Waals surface area (Å²) in [6, 6.07) is 0. The summed E-state index contributed by atoms with van der Waals surface area (Å²) in [6.07, 6.45) is 10.9. The zero-order chi connectivity index (χ0) is 27.2. The zero-order valence-electron chi connectivity index (χ0n) is 21.4. The minimum atomic E-state index is -2.16. The molecule has 0 aromatic rings. The molecule has 4 rings (SSSR count). The highest BCUT2D eigenvalue weighted by atomic mass is 16.6. The van der Waals surface area contributed by atoms with Crippen molar-refractivity contribution in [2.75, 3.05) is 0 Å². The van der Waals surface area contributed by atoms with Gasteiger partial charge >= 0.3 is 5.97 Å². The number of allylic oxidation sites excluding steroid dienone is 7. The van der Waals surface area contributed by atoms with Gasteiger partial charge in [-0.15, -0.1) is 0 Å². The maximum absolute atomic E-state index is 13.9. The first-order chi connectivity index (χ1) is 16.7. The number of hydrogen-bond donors (Lipinski definition) is 3. The molecule has 0 spiro atoms. The largest absolute Gasteiger partial charge is 0.507 e. The highest BCUT2D eigenvalue weighted by molar-refractivity contribution is 6.19. The van der Waals surface area contributed by atoms with Crippen LogP contribution in [0.2, 0.25) is 0 Å². The van der Waals surface area contributed by atoms with E-state index in [4.69, 9.17) is 4.74 Å². The van der Waals surface area contributed by atoms with Crippen molar-refractivity contribution in [3.05, 3.63) is 59.9 Å². The van der Waals surface area contributed by atoms with Crippen LogP contribution in [0.4, 0.5) is 0 Å². The Labute approximate surface area is 210 Å². The average Bonchev–Trinajstić information content (AvgIpc) is 3.01. The molecule has 2 bridgehead atoms.